The molecule has 3 N–H and O–H groups in total. The molecule has 2 aromatic rings. The minimum Gasteiger partial charge on any atom is -0.462 e. The van der Waals surface area contributed by atoms with Gasteiger partial charge in [0.1, 0.15) is 0 Å². The zero-order valence-corrected chi connectivity index (χ0v) is 12.6. The number of rotatable bonds is 4. The maximum Gasteiger partial charge on any atom is 0.338 e. The molecule has 0 heterocycles. The first-order valence-corrected chi connectivity index (χ1v) is 6.95. The highest BCUT2D eigenvalue weighted by Crippen LogP contribution is 2.17. The van der Waals surface area contributed by atoms with Gasteiger partial charge in [0.2, 0.25) is 0 Å². The molecule has 0 aliphatic rings. The molecule has 22 heavy (non-hydrogen) atoms. The maximum atomic E-state index is 12.2. The van der Waals surface area contributed by atoms with Crippen molar-refractivity contribution >= 4 is 23.3 Å². The van der Waals surface area contributed by atoms with Crippen molar-refractivity contribution < 1.29 is 14.3 Å². The molecule has 0 spiro atoms. The third kappa shape index (κ3) is 3.85. The molecule has 5 nitrogen and oxygen atoms in total. The number of ether oxygens (including phenoxy) is 1. The van der Waals surface area contributed by atoms with Crippen molar-refractivity contribution in [3.05, 3.63) is 59.2 Å². The van der Waals surface area contributed by atoms with E-state index >= 15 is 0 Å². The van der Waals surface area contributed by atoms with E-state index in [1.807, 2.05) is 19.1 Å². The van der Waals surface area contributed by atoms with Crippen LogP contribution in [-0.2, 0) is 4.74 Å². The standard InChI is InChI=1S/C17H18N2O3/c1-3-22-17(21)13-6-4-12(5-7-13)16(20)19-15-9-11(2)8-14(18)10-15/h4-10H,3,18H2,1-2H3,(H,19,20). The summed E-state index contributed by atoms with van der Waals surface area (Å²) >= 11 is 0. The van der Waals surface area contributed by atoms with Crippen molar-refractivity contribution in [2.45, 2.75) is 13.8 Å². The summed E-state index contributed by atoms with van der Waals surface area (Å²) in [6, 6.07) is 11.7. The molecular formula is C17H18N2O3. The van der Waals surface area contributed by atoms with Gasteiger partial charge in [0.05, 0.1) is 12.2 Å². The van der Waals surface area contributed by atoms with E-state index in [1.54, 1.807) is 37.3 Å². The minimum absolute atomic E-state index is 0.264. The van der Waals surface area contributed by atoms with Crippen LogP contribution in [0.25, 0.3) is 0 Å². The molecule has 5 heteroatoms. The van der Waals surface area contributed by atoms with Crippen LogP contribution in [0.3, 0.4) is 0 Å². The van der Waals surface area contributed by atoms with Gasteiger partial charge in [0.15, 0.2) is 0 Å². The summed E-state index contributed by atoms with van der Waals surface area (Å²) in [5.41, 5.74) is 8.81. The second-order valence-corrected chi connectivity index (χ2v) is 4.88. The quantitative estimate of drug-likeness (QED) is 0.671. The number of amides is 1. The topological polar surface area (TPSA) is 81.4 Å². The molecule has 1 amide bonds. The minimum atomic E-state index is -0.402. The van der Waals surface area contributed by atoms with Crippen LogP contribution in [0.5, 0.6) is 0 Å². The Morgan fingerprint density at radius 3 is 2.32 bits per heavy atom. The Hall–Kier alpha value is -2.82. The Morgan fingerprint density at radius 1 is 1.09 bits per heavy atom. The van der Waals surface area contributed by atoms with E-state index in [9.17, 15) is 9.59 Å². The normalized spacial score (nSPS) is 10.1. The van der Waals surface area contributed by atoms with Crippen LogP contribution < -0.4 is 11.1 Å². The van der Waals surface area contributed by atoms with Crippen LogP contribution in [-0.4, -0.2) is 18.5 Å². The van der Waals surface area contributed by atoms with Crippen molar-refractivity contribution in [3.8, 4) is 0 Å². The molecule has 0 fully saturated rings. The second kappa shape index (κ2) is 6.76. The molecule has 0 saturated carbocycles. The molecule has 2 aromatic carbocycles. The third-order valence-electron chi connectivity index (χ3n) is 3.02. The smallest absolute Gasteiger partial charge is 0.338 e. The predicted octanol–water partition coefficient (Wildman–Crippen LogP) is 3.01. The van der Waals surface area contributed by atoms with Gasteiger partial charge < -0.3 is 15.8 Å². The number of carbonyl (C=O) groups excluding carboxylic acids is 2. The first-order chi connectivity index (χ1) is 10.5. The predicted molar refractivity (Wildman–Crippen MR) is 85.9 cm³/mol. The summed E-state index contributed by atoms with van der Waals surface area (Å²) in [6.45, 7) is 3.96. The molecule has 114 valence electrons. The third-order valence-corrected chi connectivity index (χ3v) is 3.02. The van der Waals surface area contributed by atoms with Crippen molar-refractivity contribution in [3.63, 3.8) is 0 Å². The molecule has 2 rings (SSSR count). The average molecular weight is 298 g/mol. The lowest BCUT2D eigenvalue weighted by Gasteiger charge is -2.08. The Balaban J connectivity index is 2.11. The van der Waals surface area contributed by atoms with E-state index in [4.69, 9.17) is 10.5 Å². The highest BCUT2D eigenvalue weighted by molar-refractivity contribution is 6.05. The summed E-state index contributed by atoms with van der Waals surface area (Å²) in [5, 5.41) is 2.78. The number of hydrogen-bond acceptors (Lipinski definition) is 4. The molecule has 0 saturated heterocycles. The Labute approximate surface area is 129 Å². The van der Waals surface area contributed by atoms with Crippen LogP contribution in [0.1, 0.15) is 33.2 Å². The number of hydrogen-bond donors (Lipinski definition) is 2. The number of esters is 1. The molecule has 0 radical (unpaired) electrons. The fraction of sp³-hybridized carbons (Fsp3) is 0.176. The number of nitrogen functional groups attached to an aromatic ring is 1. The van der Waals surface area contributed by atoms with E-state index in [1.165, 1.54) is 0 Å². The van der Waals surface area contributed by atoms with Crippen LogP contribution in [0.2, 0.25) is 0 Å². The SMILES string of the molecule is CCOC(=O)c1ccc(C(=O)Nc2cc(C)cc(N)c2)cc1. The summed E-state index contributed by atoms with van der Waals surface area (Å²) < 4.78 is 4.90. The Morgan fingerprint density at radius 2 is 1.73 bits per heavy atom. The summed E-state index contributed by atoms with van der Waals surface area (Å²) in [5.74, 6) is -0.665. The van der Waals surface area contributed by atoms with Crippen LogP contribution in [0, 0.1) is 6.92 Å². The molecule has 0 unspecified atom stereocenters. The van der Waals surface area contributed by atoms with Gasteiger partial charge in [-0.15, -0.1) is 0 Å². The molecule has 0 atom stereocenters. The fourth-order valence-electron chi connectivity index (χ4n) is 2.06. The highest BCUT2D eigenvalue weighted by atomic mass is 16.5. The molecule has 0 aliphatic heterocycles. The maximum absolute atomic E-state index is 12.2. The molecule has 0 bridgehead atoms. The zero-order chi connectivity index (χ0) is 16.1. The lowest BCUT2D eigenvalue weighted by molar-refractivity contribution is 0.0526. The monoisotopic (exact) mass is 298 g/mol. The number of carbonyl (C=O) groups is 2. The van der Waals surface area contributed by atoms with Crippen LogP contribution in [0.15, 0.2) is 42.5 Å². The van der Waals surface area contributed by atoms with Gasteiger partial charge in [0.25, 0.3) is 5.91 Å². The number of aryl methyl sites for hydroxylation is 1. The van der Waals surface area contributed by atoms with Crippen molar-refractivity contribution in [1.29, 1.82) is 0 Å². The Bertz CT molecular complexity index is 673. The zero-order valence-electron chi connectivity index (χ0n) is 12.6. The van der Waals surface area contributed by atoms with Gasteiger partial charge in [-0.3, -0.25) is 4.79 Å². The van der Waals surface area contributed by atoms with Gasteiger partial charge in [-0.25, -0.2) is 4.79 Å². The summed E-state index contributed by atoms with van der Waals surface area (Å²) in [4.78, 5) is 23.7. The van der Waals surface area contributed by atoms with Gasteiger partial charge in [-0.05, 0) is 61.9 Å². The molecular weight excluding hydrogens is 280 g/mol. The van der Waals surface area contributed by atoms with Crippen LogP contribution >= 0.6 is 0 Å². The number of nitrogens with two attached hydrogens (primary N) is 1. The van der Waals surface area contributed by atoms with Crippen molar-refractivity contribution in [2.75, 3.05) is 17.7 Å². The van der Waals surface area contributed by atoms with Gasteiger partial charge in [0, 0.05) is 16.9 Å². The summed E-state index contributed by atoms with van der Waals surface area (Å²) in [6.07, 6.45) is 0. The van der Waals surface area contributed by atoms with E-state index in [0.717, 1.165) is 5.56 Å². The van der Waals surface area contributed by atoms with E-state index in [2.05, 4.69) is 5.32 Å². The van der Waals surface area contributed by atoms with E-state index < -0.39 is 5.97 Å². The number of anilines is 2. The largest absolute Gasteiger partial charge is 0.462 e. The van der Waals surface area contributed by atoms with Gasteiger partial charge >= 0.3 is 5.97 Å². The first-order valence-electron chi connectivity index (χ1n) is 6.95. The van der Waals surface area contributed by atoms with E-state index in [0.29, 0.717) is 29.1 Å². The number of benzene rings is 2. The second-order valence-electron chi connectivity index (χ2n) is 4.88. The van der Waals surface area contributed by atoms with Crippen molar-refractivity contribution in [2.24, 2.45) is 0 Å². The number of nitrogens with one attached hydrogen (secondary N) is 1. The van der Waals surface area contributed by atoms with E-state index in [-0.39, 0.29) is 5.91 Å². The Kier molecular flexibility index (Phi) is 4.78. The summed E-state index contributed by atoms with van der Waals surface area (Å²) in [7, 11) is 0. The first kappa shape index (κ1) is 15.6. The highest BCUT2D eigenvalue weighted by Gasteiger charge is 2.10. The average Bonchev–Trinajstić information content (AvgIpc) is 2.46. The van der Waals surface area contributed by atoms with Crippen LogP contribution in [0.4, 0.5) is 11.4 Å². The van der Waals surface area contributed by atoms with Gasteiger partial charge in [-0.2, -0.15) is 0 Å². The lowest BCUT2D eigenvalue weighted by atomic mass is 10.1. The molecule has 0 aromatic heterocycles. The van der Waals surface area contributed by atoms with Crippen molar-refractivity contribution in [1.82, 2.24) is 0 Å². The fourth-order valence-corrected chi connectivity index (χ4v) is 2.06. The lowest BCUT2D eigenvalue weighted by Crippen LogP contribution is -2.13. The van der Waals surface area contributed by atoms with Gasteiger partial charge in [-0.1, -0.05) is 0 Å². The molecule has 0 aliphatic carbocycles.